The standard InChI is InChI=1S/C11H14FNO/c1-14-11-4-2-9(3-5-11)6-10(7-12)8-13/h2-5,7H,6,8,13H2,1H3. The molecule has 0 atom stereocenters. The molecule has 1 aromatic rings. The van der Waals surface area contributed by atoms with Crippen molar-refractivity contribution in [2.45, 2.75) is 6.42 Å². The molecule has 0 unspecified atom stereocenters. The largest absolute Gasteiger partial charge is 0.497 e. The molecule has 0 aliphatic carbocycles. The van der Waals surface area contributed by atoms with Gasteiger partial charge in [-0.05, 0) is 29.7 Å². The maximum absolute atomic E-state index is 12.2. The van der Waals surface area contributed by atoms with E-state index in [-0.39, 0.29) is 6.54 Å². The molecule has 1 aromatic carbocycles. The van der Waals surface area contributed by atoms with Crippen molar-refractivity contribution in [2.24, 2.45) is 5.73 Å². The molecule has 0 saturated carbocycles. The van der Waals surface area contributed by atoms with E-state index in [1.54, 1.807) is 7.11 Å². The summed E-state index contributed by atoms with van der Waals surface area (Å²) in [5.74, 6) is 0.798. The van der Waals surface area contributed by atoms with E-state index in [9.17, 15) is 4.39 Å². The molecule has 2 nitrogen and oxygen atoms in total. The average Bonchev–Trinajstić information content (AvgIpc) is 2.26. The first-order valence-corrected chi connectivity index (χ1v) is 4.41. The Labute approximate surface area is 83.2 Å². The van der Waals surface area contributed by atoms with E-state index >= 15 is 0 Å². The number of methoxy groups -OCH3 is 1. The summed E-state index contributed by atoms with van der Waals surface area (Å²) in [5, 5.41) is 0. The molecule has 0 amide bonds. The zero-order chi connectivity index (χ0) is 10.4. The van der Waals surface area contributed by atoms with Gasteiger partial charge in [-0.1, -0.05) is 12.1 Å². The molecule has 0 heterocycles. The van der Waals surface area contributed by atoms with Crippen LogP contribution < -0.4 is 10.5 Å². The monoisotopic (exact) mass is 195 g/mol. The van der Waals surface area contributed by atoms with Crippen molar-refractivity contribution in [3.05, 3.63) is 41.7 Å². The first-order chi connectivity index (χ1) is 6.80. The molecule has 0 aromatic heterocycles. The minimum atomic E-state index is 0.253. The van der Waals surface area contributed by atoms with Crippen LogP contribution in [0.1, 0.15) is 5.56 Å². The van der Waals surface area contributed by atoms with Gasteiger partial charge in [0, 0.05) is 6.54 Å². The number of hydrogen-bond donors (Lipinski definition) is 1. The highest BCUT2D eigenvalue weighted by molar-refractivity contribution is 5.29. The molecule has 1 rings (SSSR count). The van der Waals surface area contributed by atoms with Crippen molar-refractivity contribution in [3.63, 3.8) is 0 Å². The van der Waals surface area contributed by atoms with Crippen LogP contribution in [0.25, 0.3) is 0 Å². The van der Waals surface area contributed by atoms with Crippen LogP contribution in [0.4, 0.5) is 4.39 Å². The summed E-state index contributed by atoms with van der Waals surface area (Å²) in [6.45, 7) is 0.253. The fraction of sp³-hybridized carbons (Fsp3) is 0.273. The number of nitrogens with two attached hydrogens (primary N) is 1. The predicted molar refractivity (Wildman–Crippen MR) is 54.9 cm³/mol. The van der Waals surface area contributed by atoms with E-state index in [4.69, 9.17) is 10.5 Å². The van der Waals surface area contributed by atoms with Gasteiger partial charge in [0.1, 0.15) is 5.75 Å². The van der Waals surface area contributed by atoms with Gasteiger partial charge in [-0.3, -0.25) is 0 Å². The fourth-order valence-electron chi connectivity index (χ4n) is 1.16. The zero-order valence-corrected chi connectivity index (χ0v) is 8.16. The van der Waals surface area contributed by atoms with Crippen LogP contribution in [0.2, 0.25) is 0 Å². The quantitative estimate of drug-likeness (QED) is 0.798. The van der Waals surface area contributed by atoms with Crippen molar-refractivity contribution >= 4 is 0 Å². The fourth-order valence-corrected chi connectivity index (χ4v) is 1.16. The topological polar surface area (TPSA) is 35.2 Å². The number of halogens is 1. The van der Waals surface area contributed by atoms with Crippen molar-refractivity contribution in [1.29, 1.82) is 0 Å². The third kappa shape index (κ3) is 2.85. The summed E-state index contributed by atoms with van der Waals surface area (Å²) in [5.41, 5.74) is 6.97. The second kappa shape index (κ2) is 5.40. The second-order valence-corrected chi connectivity index (χ2v) is 3.00. The van der Waals surface area contributed by atoms with Gasteiger partial charge in [0.05, 0.1) is 13.4 Å². The Balaban J connectivity index is 2.68. The van der Waals surface area contributed by atoms with Gasteiger partial charge in [-0.25, -0.2) is 4.39 Å². The first-order valence-electron chi connectivity index (χ1n) is 4.41. The van der Waals surface area contributed by atoms with Crippen LogP contribution in [0, 0.1) is 0 Å². The van der Waals surface area contributed by atoms with E-state index in [0.717, 1.165) is 11.3 Å². The van der Waals surface area contributed by atoms with Crippen LogP contribution in [0.3, 0.4) is 0 Å². The summed E-state index contributed by atoms with van der Waals surface area (Å²) in [7, 11) is 1.61. The van der Waals surface area contributed by atoms with E-state index in [2.05, 4.69) is 0 Å². The normalized spacial score (nSPS) is 11.5. The predicted octanol–water partition coefficient (Wildman–Crippen LogP) is 2.05. The van der Waals surface area contributed by atoms with Crippen molar-refractivity contribution in [1.82, 2.24) is 0 Å². The van der Waals surface area contributed by atoms with Crippen molar-refractivity contribution in [3.8, 4) is 5.75 Å². The van der Waals surface area contributed by atoms with E-state index in [1.165, 1.54) is 0 Å². The van der Waals surface area contributed by atoms with E-state index in [0.29, 0.717) is 18.3 Å². The van der Waals surface area contributed by atoms with Gasteiger partial charge in [0.2, 0.25) is 0 Å². The van der Waals surface area contributed by atoms with Gasteiger partial charge < -0.3 is 10.5 Å². The second-order valence-electron chi connectivity index (χ2n) is 3.00. The Bertz CT molecular complexity index is 306. The molecule has 0 spiro atoms. The maximum atomic E-state index is 12.2. The first kappa shape index (κ1) is 10.7. The van der Waals surface area contributed by atoms with Crippen LogP contribution in [0.15, 0.2) is 36.2 Å². The summed E-state index contributed by atoms with van der Waals surface area (Å²) >= 11 is 0. The van der Waals surface area contributed by atoms with E-state index < -0.39 is 0 Å². The minimum Gasteiger partial charge on any atom is -0.497 e. The van der Waals surface area contributed by atoms with Gasteiger partial charge in [0.15, 0.2) is 0 Å². The Kier molecular flexibility index (Phi) is 4.13. The Morgan fingerprint density at radius 1 is 1.43 bits per heavy atom. The van der Waals surface area contributed by atoms with Crippen LogP contribution in [-0.4, -0.2) is 13.7 Å². The molecular weight excluding hydrogens is 181 g/mol. The molecule has 0 aliphatic rings. The molecular formula is C11H14FNO. The smallest absolute Gasteiger partial charge is 0.118 e. The molecule has 0 bridgehead atoms. The van der Waals surface area contributed by atoms with Gasteiger partial charge in [-0.15, -0.1) is 0 Å². The Morgan fingerprint density at radius 3 is 2.50 bits per heavy atom. The average molecular weight is 195 g/mol. The van der Waals surface area contributed by atoms with Crippen LogP contribution in [0.5, 0.6) is 5.75 Å². The zero-order valence-electron chi connectivity index (χ0n) is 8.16. The lowest BCUT2D eigenvalue weighted by molar-refractivity contribution is 0.414. The van der Waals surface area contributed by atoms with E-state index in [1.807, 2.05) is 24.3 Å². The Morgan fingerprint density at radius 2 is 2.07 bits per heavy atom. The molecule has 2 N–H and O–H groups in total. The maximum Gasteiger partial charge on any atom is 0.118 e. The lowest BCUT2D eigenvalue weighted by Gasteiger charge is -2.04. The lowest BCUT2D eigenvalue weighted by atomic mass is 10.1. The highest BCUT2D eigenvalue weighted by Gasteiger charge is 1.98. The number of ether oxygens (including phenoxy) is 1. The summed E-state index contributed by atoms with van der Waals surface area (Å²) in [6.07, 6.45) is 1.13. The van der Waals surface area contributed by atoms with Gasteiger partial charge in [0.25, 0.3) is 0 Å². The SMILES string of the molecule is COc1ccc(CC(=CF)CN)cc1. The van der Waals surface area contributed by atoms with Crippen molar-refractivity contribution in [2.75, 3.05) is 13.7 Å². The third-order valence-electron chi connectivity index (χ3n) is 2.01. The van der Waals surface area contributed by atoms with Gasteiger partial charge >= 0.3 is 0 Å². The Hall–Kier alpha value is -1.35. The summed E-state index contributed by atoms with van der Waals surface area (Å²) < 4.78 is 17.2. The molecule has 3 heteroatoms. The molecule has 0 fully saturated rings. The van der Waals surface area contributed by atoms with Crippen LogP contribution in [-0.2, 0) is 6.42 Å². The highest BCUT2D eigenvalue weighted by Crippen LogP contribution is 2.13. The third-order valence-corrected chi connectivity index (χ3v) is 2.01. The van der Waals surface area contributed by atoms with Gasteiger partial charge in [-0.2, -0.15) is 0 Å². The molecule has 0 radical (unpaired) electrons. The van der Waals surface area contributed by atoms with Crippen molar-refractivity contribution < 1.29 is 9.13 Å². The summed E-state index contributed by atoms with van der Waals surface area (Å²) in [4.78, 5) is 0. The molecule has 76 valence electrons. The van der Waals surface area contributed by atoms with Crippen LogP contribution >= 0.6 is 0 Å². The minimum absolute atomic E-state index is 0.253. The summed E-state index contributed by atoms with van der Waals surface area (Å²) in [6, 6.07) is 7.50. The lowest BCUT2D eigenvalue weighted by Crippen LogP contribution is -2.05. The highest BCUT2D eigenvalue weighted by atomic mass is 19.1. The molecule has 14 heavy (non-hydrogen) atoms. The number of rotatable bonds is 4. The number of hydrogen-bond acceptors (Lipinski definition) is 2. The molecule has 0 aliphatic heterocycles. The molecule has 0 saturated heterocycles. The number of benzene rings is 1.